The van der Waals surface area contributed by atoms with Gasteiger partial charge in [-0.2, -0.15) is 0 Å². The highest BCUT2D eigenvalue weighted by Gasteiger charge is 2.30. The summed E-state index contributed by atoms with van der Waals surface area (Å²) in [6, 6.07) is 3.89. The molecule has 5 rings (SSSR count). The van der Waals surface area contributed by atoms with Crippen LogP contribution in [0.15, 0.2) is 98.1 Å². The van der Waals surface area contributed by atoms with Crippen molar-refractivity contribution >= 4 is 28.9 Å². The van der Waals surface area contributed by atoms with Crippen LogP contribution in [0.2, 0.25) is 0 Å². The number of oxazole rings is 1. The Balaban J connectivity index is 1.43. The number of amides is 1. The van der Waals surface area contributed by atoms with Gasteiger partial charge >= 0.3 is 5.76 Å². The van der Waals surface area contributed by atoms with E-state index in [1.165, 1.54) is 0 Å². The summed E-state index contributed by atoms with van der Waals surface area (Å²) in [6.07, 6.45) is 18.0. The fourth-order valence-corrected chi connectivity index (χ4v) is 5.40. The lowest BCUT2D eigenvalue weighted by Crippen LogP contribution is -2.94. The van der Waals surface area contributed by atoms with Crippen LogP contribution in [0.25, 0.3) is 16.7 Å². The van der Waals surface area contributed by atoms with Gasteiger partial charge in [0.25, 0.3) is 5.91 Å². The number of carbonyl (C=O) groups is 2. The Bertz CT molecular complexity index is 1600. The van der Waals surface area contributed by atoms with E-state index in [1.807, 2.05) is 57.3 Å². The molecule has 7 nitrogen and oxygen atoms in total. The van der Waals surface area contributed by atoms with Crippen LogP contribution in [-0.4, -0.2) is 34.2 Å². The van der Waals surface area contributed by atoms with Crippen molar-refractivity contribution in [1.29, 1.82) is 0 Å². The maximum absolute atomic E-state index is 13.6. The molecule has 2 atom stereocenters. The van der Waals surface area contributed by atoms with E-state index in [0.717, 1.165) is 51.8 Å². The molecule has 38 heavy (non-hydrogen) atoms. The summed E-state index contributed by atoms with van der Waals surface area (Å²) in [5, 5.41) is 2.24. The van der Waals surface area contributed by atoms with Gasteiger partial charge in [0.15, 0.2) is 5.58 Å². The van der Waals surface area contributed by atoms with Gasteiger partial charge in [0.1, 0.15) is 18.4 Å². The number of hydrogen-bond donors (Lipinski definition) is 2. The number of nitrogens with two attached hydrogens (primary N) is 1. The van der Waals surface area contributed by atoms with Crippen molar-refractivity contribution < 1.29 is 19.3 Å². The van der Waals surface area contributed by atoms with Gasteiger partial charge in [-0.25, -0.2) is 4.79 Å². The summed E-state index contributed by atoms with van der Waals surface area (Å²) in [7, 11) is 0. The minimum atomic E-state index is -0.488. The van der Waals surface area contributed by atoms with Gasteiger partial charge in [-0.3, -0.25) is 19.5 Å². The highest BCUT2D eigenvalue weighted by Crippen LogP contribution is 2.32. The first-order valence-corrected chi connectivity index (χ1v) is 12.9. The topological polar surface area (TPSA) is 100.0 Å². The molecular formula is C31H32N3O4+. The number of rotatable bonds is 5. The quantitative estimate of drug-likeness (QED) is 0.591. The number of nitrogens with one attached hydrogen (secondary N) is 1. The van der Waals surface area contributed by atoms with E-state index < -0.39 is 5.76 Å². The smallest absolute Gasteiger partial charge is 0.408 e. The molecule has 7 heteroatoms. The molecule has 1 aliphatic carbocycles. The fraction of sp³-hybridized carbons (Fsp3) is 0.258. The van der Waals surface area contributed by atoms with Crippen molar-refractivity contribution in [3.63, 3.8) is 0 Å². The molecule has 3 N–H and O–H groups in total. The summed E-state index contributed by atoms with van der Waals surface area (Å²) in [6.45, 7) is 8.02. The van der Waals surface area contributed by atoms with E-state index in [9.17, 15) is 14.4 Å². The second-order valence-electron chi connectivity index (χ2n) is 10.2. The lowest BCUT2D eigenvalue weighted by molar-refractivity contribution is -0.694. The molecule has 0 radical (unpaired) electrons. The Kier molecular flexibility index (Phi) is 6.87. The second-order valence-corrected chi connectivity index (χ2v) is 10.2. The SMILES string of the molecule is CC1=CN2C(=O)/C=C(/c3cc(C)c4oc(=O)[nH]c4c3)CC/C=C/2C(C(C)[NH2+]C2C=CC=CC(C=O)=C2C)=C1. The largest absolute Gasteiger partial charge is 0.417 e. The van der Waals surface area contributed by atoms with Crippen LogP contribution in [0.3, 0.4) is 0 Å². The van der Waals surface area contributed by atoms with Crippen LogP contribution in [0.1, 0.15) is 44.7 Å². The van der Waals surface area contributed by atoms with Crippen LogP contribution in [0, 0.1) is 6.92 Å². The Labute approximate surface area is 221 Å². The van der Waals surface area contributed by atoms with Crippen molar-refractivity contribution in [3.05, 3.63) is 111 Å². The molecule has 2 unspecified atom stereocenters. The minimum absolute atomic E-state index is 0.0182. The highest BCUT2D eigenvalue weighted by molar-refractivity contribution is 5.98. The molecule has 2 aliphatic heterocycles. The lowest BCUT2D eigenvalue weighted by atomic mass is 9.92. The third kappa shape index (κ3) is 4.85. The zero-order valence-electron chi connectivity index (χ0n) is 22.1. The third-order valence-electron chi connectivity index (χ3n) is 7.41. The van der Waals surface area contributed by atoms with Gasteiger partial charge in [-0.15, -0.1) is 0 Å². The number of H-pyrrole nitrogens is 1. The Morgan fingerprint density at radius 2 is 1.97 bits per heavy atom. The molecule has 0 bridgehead atoms. The molecule has 3 aliphatic rings. The number of aromatic nitrogens is 1. The molecule has 2 aromatic rings. The fourth-order valence-electron chi connectivity index (χ4n) is 5.40. The van der Waals surface area contributed by atoms with Crippen LogP contribution < -0.4 is 11.1 Å². The number of nitrogens with zero attached hydrogens (tertiary/aromatic N) is 1. The van der Waals surface area contributed by atoms with Crippen molar-refractivity contribution in [2.45, 2.75) is 52.6 Å². The van der Waals surface area contributed by atoms with Crippen molar-refractivity contribution in [1.82, 2.24) is 9.88 Å². The number of allylic oxidation sites excluding steroid dienone is 8. The normalized spacial score (nSPS) is 23.4. The van der Waals surface area contributed by atoms with Crippen molar-refractivity contribution in [3.8, 4) is 0 Å². The number of carbonyl (C=O) groups excluding carboxylic acids is 2. The standard InChI is InChI=1S/C31H31N3O4/c1-18-12-25(21(4)32-26-10-6-5-8-23(17-35)20(26)3)28-11-7-9-22(15-29(36)34(28)16-18)24-13-19(2)30-27(14-24)33-31(37)38-30/h5-6,8,10-17,21,26,32H,7,9H2,1-4H3,(H,33,37)/p+1/b22-15+,28-11+. The summed E-state index contributed by atoms with van der Waals surface area (Å²) in [4.78, 5) is 41.3. The van der Waals surface area contributed by atoms with Gasteiger partial charge in [0.05, 0.1) is 11.2 Å². The van der Waals surface area contributed by atoms with E-state index in [0.29, 0.717) is 23.1 Å². The average Bonchev–Trinajstić information content (AvgIpc) is 3.17. The predicted octanol–water partition coefficient (Wildman–Crippen LogP) is 4.12. The number of aryl methyl sites for hydroxylation is 1. The molecule has 0 saturated heterocycles. The molecule has 3 heterocycles. The first-order valence-electron chi connectivity index (χ1n) is 12.9. The van der Waals surface area contributed by atoms with Crippen molar-refractivity contribution in [2.75, 3.05) is 0 Å². The molecule has 1 aromatic heterocycles. The Hall–Kier alpha value is -4.23. The van der Waals surface area contributed by atoms with Crippen LogP contribution in [-0.2, 0) is 9.59 Å². The van der Waals surface area contributed by atoms with Crippen molar-refractivity contribution in [2.24, 2.45) is 0 Å². The molecule has 0 fully saturated rings. The van der Waals surface area contributed by atoms with E-state index in [-0.39, 0.29) is 18.0 Å². The van der Waals surface area contributed by atoms with Gasteiger partial charge in [-0.1, -0.05) is 24.3 Å². The average molecular weight is 511 g/mol. The number of benzene rings is 1. The monoisotopic (exact) mass is 510 g/mol. The van der Waals surface area contributed by atoms with E-state index in [4.69, 9.17) is 4.42 Å². The third-order valence-corrected chi connectivity index (χ3v) is 7.41. The number of aldehydes is 1. The van der Waals surface area contributed by atoms with Crippen LogP contribution in [0.5, 0.6) is 0 Å². The van der Waals surface area contributed by atoms with Gasteiger partial charge in [-0.05, 0) is 92.7 Å². The number of quaternary nitrogens is 1. The molecule has 0 saturated carbocycles. The highest BCUT2D eigenvalue weighted by atomic mass is 16.4. The molecule has 194 valence electrons. The number of hydrogen-bond acceptors (Lipinski definition) is 4. The summed E-state index contributed by atoms with van der Waals surface area (Å²) >= 11 is 0. The predicted molar refractivity (Wildman–Crippen MR) is 148 cm³/mol. The summed E-state index contributed by atoms with van der Waals surface area (Å²) in [5.74, 6) is -0.599. The van der Waals surface area contributed by atoms with Gasteiger partial charge in [0.2, 0.25) is 0 Å². The molecule has 1 aromatic carbocycles. The minimum Gasteiger partial charge on any atom is -0.408 e. The zero-order valence-corrected chi connectivity index (χ0v) is 22.1. The Morgan fingerprint density at radius 1 is 1.16 bits per heavy atom. The lowest BCUT2D eigenvalue weighted by Gasteiger charge is -2.31. The van der Waals surface area contributed by atoms with E-state index in [2.05, 4.69) is 35.5 Å². The first-order chi connectivity index (χ1) is 18.2. The first kappa shape index (κ1) is 25.4. The zero-order chi connectivity index (χ0) is 27.0. The van der Waals surface area contributed by atoms with E-state index >= 15 is 0 Å². The number of aromatic amines is 1. The second kappa shape index (κ2) is 10.3. The maximum Gasteiger partial charge on any atom is 0.417 e. The molecular weight excluding hydrogens is 478 g/mol. The van der Waals surface area contributed by atoms with Gasteiger partial charge in [0, 0.05) is 23.4 Å². The number of fused-ring (bicyclic) bond motifs is 2. The summed E-state index contributed by atoms with van der Waals surface area (Å²) in [5.41, 5.74) is 8.51. The molecule has 1 amide bonds. The van der Waals surface area contributed by atoms with Crippen LogP contribution in [0.4, 0.5) is 0 Å². The van der Waals surface area contributed by atoms with Crippen LogP contribution >= 0.6 is 0 Å². The van der Waals surface area contributed by atoms with E-state index in [1.54, 1.807) is 11.0 Å². The summed E-state index contributed by atoms with van der Waals surface area (Å²) < 4.78 is 5.24. The molecule has 0 spiro atoms. The Morgan fingerprint density at radius 3 is 2.76 bits per heavy atom. The van der Waals surface area contributed by atoms with Gasteiger partial charge < -0.3 is 9.73 Å². The maximum atomic E-state index is 13.6.